The monoisotopic (exact) mass is 313 g/mol. The van der Waals surface area contributed by atoms with E-state index < -0.39 is 0 Å². The van der Waals surface area contributed by atoms with Gasteiger partial charge < -0.3 is 15.4 Å². The van der Waals surface area contributed by atoms with Gasteiger partial charge in [0.25, 0.3) is 0 Å². The number of halogens is 1. The molecule has 1 amide bonds. The number of piperazine rings is 1. The van der Waals surface area contributed by atoms with Crippen molar-refractivity contribution < 1.29 is 9.53 Å². The van der Waals surface area contributed by atoms with E-state index in [1.165, 1.54) is 0 Å². The normalized spacial score (nSPS) is 18.7. The first kappa shape index (κ1) is 17.8. The Morgan fingerprint density at radius 3 is 3.05 bits per heavy atom. The van der Waals surface area contributed by atoms with Crippen molar-refractivity contribution in [1.82, 2.24) is 15.5 Å². The maximum absolute atomic E-state index is 11.9. The zero-order valence-corrected chi connectivity index (χ0v) is 13.4. The van der Waals surface area contributed by atoms with Crippen LogP contribution in [0, 0.1) is 0 Å². The highest BCUT2D eigenvalue weighted by Gasteiger charge is 2.17. The Kier molecular flexibility index (Phi) is 7.50. The molecule has 0 aromatic heterocycles. The van der Waals surface area contributed by atoms with Crippen LogP contribution in [0.4, 0.5) is 0 Å². The summed E-state index contributed by atoms with van der Waals surface area (Å²) in [4.78, 5) is 14.1. The second kappa shape index (κ2) is 8.87. The van der Waals surface area contributed by atoms with Crippen LogP contribution in [-0.4, -0.2) is 50.1 Å². The lowest BCUT2D eigenvalue weighted by Crippen LogP contribution is -2.51. The Labute approximate surface area is 132 Å². The molecule has 0 spiro atoms. The maximum atomic E-state index is 11.9. The van der Waals surface area contributed by atoms with Gasteiger partial charge in [-0.15, -0.1) is 12.4 Å². The fourth-order valence-electron chi connectivity index (χ4n) is 2.40. The number of ether oxygens (including phenoxy) is 1. The first-order chi connectivity index (χ1) is 9.67. The minimum atomic E-state index is 0. The molecule has 2 N–H and O–H groups in total. The van der Waals surface area contributed by atoms with Gasteiger partial charge >= 0.3 is 0 Å². The van der Waals surface area contributed by atoms with Crippen LogP contribution in [0.15, 0.2) is 24.3 Å². The minimum Gasteiger partial charge on any atom is -0.497 e. The zero-order valence-electron chi connectivity index (χ0n) is 12.6. The van der Waals surface area contributed by atoms with Crippen LogP contribution >= 0.6 is 12.4 Å². The van der Waals surface area contributed by atoms with Gasteiger partial charge in [0.2, 0.25) is 5.91 Å². The van der Waals surface area contributed by atoms with Crippen molar-refractivity contribution in [2.75, 3.05) is 33.3 Å². The molecule has 1 aliphatic heterocycles. The van der Waals surface area contributed by atoms with Gasteiger partial charge in [-0.3, -0.25) is 9.69 Å². The predicted molar refractivity (Wildman–Crippen MR) is 86.0 cm³/mol. The van der Waals surface area contributed by atoms with Crippen molar-refractivity contribution in [3.05, 3.63) is 29.8 Å². The molecular formula is C15H24ClN3O2. The van der Waals surface area contributed by atoms with Gasteiger partial charge in [-0.25, -0.2) is 0 Å². The van der Waals surface area contributed by atoms with Gasteiger partial charge in [-0.2, -0.15) is 0 Å². The summed E-state index contributed by atoms with van der Waals surface area (Å²) in [6, 6.07) is 8.20. The number of hydrogen-bond acceptors (Lipinski definition) is 4. The second-order valence-corrected chi connectivity index (χ2v) is 5.22. The highest BCUT2D eigenvalue weighted by Crippen LogP contribution is 2.12. The van der Waals surface area contributed by atoms with Crippen LogP contribution in [0.5, 0.6) is 5.75 Å². The number of benzene rings is 1. The molecule has 1 fully saturated rings. The minimum absolute atomic E-state index is 0. The summed E-state index contributed by atoms with van der Waals surface area (Å²) in [5.74, 6) is 0.884. The van der Waals surface area contributed by atoms with Gasteiger partial charge in [0.05, 0.1) is 13.7 Å². The lowest BCUT2D eigenvalue weighted by Gasteiger charge is -2.31. The number of amides is 1. The van der Waals surface area contributed by atoms with E-state index in [4.69, 9.17) is 4.74 Å². The largest absolute Gasteiger partial charge is 0.497 e. The molecular weight excluding hydrogens is 290 g/mol. The molecule has 5 nitrogen and oxygen atoms in total. The first-order valence-corrected chi connectivity index (χ1v) is 7.03. The van der Waals surface area contributed by atoms with E-state index in [-0.39, 0.29) is 18.3 Å². The fourth-order valence-corrected chi connectivity index (χ4v) is 2.40. The van der Waals surface area contributed by atoms with Crippen molar-refractivity contribution in [3.63, 3.8) is 0 Å². The smallest absolute Gasteiger partial charge is 0.234 e. The summed E-state index contributed by atoms with van der Waals surface area (Å²) in [6.07, 6.45) is 0. The lowest BCUT2D eigenvalue weighted by molar-refractivity contribution is -0.122. The molecule has 2 rings (SSSR count). The molecule has 1 heterocycles. The van der Waals surface area contributed by atoms with Crippen molar-refractivity contribution in [3.8, 4) is 5.75 Å². The van der Waals surface area contributed by atoms with Crippen molar-refractivity contribution in [1.29, 1.82) is 0 Å². The summed E-state index contributed by atoms with van der Waals surface area (Å²) < 4.78 is 5.17. The number of rotatable bonds is 5. The molecule has 1 aromatic rings. The van der Waals surface area contributed by atoms with Crippen molar-refractivity contribution in [2.24, 2.45) is 0 Å². The van der Waals surface area contributed by atoms with Crippen LogP contribution in [-0.2, 0) is 11.3 Å². The molecule has 118 valence electrons. The van der Waals surface area contributed by atoms with Gasteiger partial charge in [0, 0.05) is 32.2 Å². The number of nitrogens with one attached hydrogen (secondary N) is 2. The highest BCUT2D eigenvalue weighted by molar-refractivity contribution is 5.85. The van der Waals surface area contributed by atoms with E-state index in [1.54, 1.807) is 7.11 Å². The Morgan fingerprint density at radius 2 is 2.33 bits per heavy atom. The van der Waals surface area contributed by atoms with Crippen molar-refractivity contribution in [2.45, 2.75) is 19.5 Å². The fraction of sp³-hybridized carbons (Fsp3) is 0.533. The Morgan fingerprint density at radius 1 is 1.52 bits per heavy atom. The molecule has 1 aromatic carbocycles. The molecule has 6 heteroatoms. The van der Waals surface area contributed by atoms with Gasteiger partial charge in [-0.05, 0) is 24.6 Å². The molecule has 1 saturated heterocycles. The number of hydrogen-bond donors (Lipinski definition) is 2. The summed E-state index contributed by atoms with van der Waals surface area (Å²) in [7, 11) is 1.64. The van der Waals surface area contributed by atoms with Gasteiger partial charge in [-0.1, -0.05) is 12.1 Å². The number of methoxy groups -OCH3 is 1. The van der Waals surface area contributed by atoms with Crippen molar-refractivity contribution >= 4 is 18.3 Å². The topological polar surface area (TPSA) is 53.6 Å². The lowest BCUT2D eigenvalue weighted by atomic mass is 10.2. The molecule has 0 bridgehead atoms. The standard InChI is InChI=1S/C15H23N3O2.ClH/c1-12-10-18(7-6-16-12)11-15(19)17-9-13-4-3-5-14(8-13)20-2;/h3-5,8,12,16H,6-7,9-11H2,1-2H3,(H,17,19);1H. The Bertz CT molecular complexity index is 456. The van der Waals surface area contributed by atoms with E-state index in [0.717, 1.165) is 30.9 Å². The first-order valence-electron chi connectivity index (χ1n) is 7.03. The molecule has 0 saturated carbocycles. The average Bonchev–Trinajstić information content (AvgIpc) is 2.45. The number of carbonyl (C=O) groups is 1. The summed E-state index contributed by atoms with van der Waals surface area (Å²) in [6.45, 7) is 5.95. The molecule has 0 radical (unpaired) electrons. The summed E-state index contributed by atoms with van der Waals surface area (Å²) >= 11 is 0. The van der Waals surface area contributed by atoms with Crippen LogP contribution in [0.1, 0.15) is 12.5 Å². The van der Waals surface area contributed by atoms with E-state index >= 15 is 0 Å². The Balaban J connectivity index is 0.00000220. The SMILES string of the molecule is COc1cccc(CNC(=O)CN2CCNC(C)C2)c1.Cl. The van der Waals surface area contributed by atoms with Crippen LogP contribution in [0.25, 0.3) is 0 Å². The third kappa shape index (κ3) is 5.91. The van der Waals surface area contributed by atoms with E-state index in [1.807, 2.05) is 24.3 Å². The van der Waals surface area contributed by atoms with E-state index in [9.17, 15) is 4.79 Å². The van der Waals surface area contributed by atoms with E-state index in [2.05, 4.69) is 22.5 Å². The number of carbonyl (C=O) groups excluding carboxylic acids is 1. The van der Waals surface area contributed by atoms with Crippen LogP contribution in [0.3, 0.4) is 0 Å². The maximum Gasteiger partial charge on any atom is 0.234 e. The highest BCUT2D eigenvalue weighted by atomic mass is 35.5. The van der Waals surface area contributed by atoms with Gasteiger partial charge in [0.1, 0.15) is 5.75 Å². The van der Waals surface area contributed by atoms with E-state index in [0.29, 0.717) is 19.1 Å². The third-order valence-electron chi connectivity index (χ3n) is 3.44. The second-order valence-electron chi connectivity index (χ2n) is 5.22. The molecule has 1 atom stereocenters. The summed E-state index contributed by atoms with van der Waals surface area (Å²) in [5.41, 5.74) is 1.05. The summed E-state index contributed by atoms with van der Waals surface area (Å²) in [5, 5.41) is 6.32. The van der Waals surface area contributed by atoms with Crippen LogP contribution < -0.4 is 15.4 Å². The van der Waals surface area contributed by atoms with Crippen LogP contribution in [0.2, 0.25) is 0 Å². The molecule has 1 aliphatic rings. The zero-order chi connectivity index (χ0) is 14.4. The predicted octanol–water partition coefficient (Wildman–Crippen LogP) is 1.03. The quantitative estimate of drug-likeness (QED) is 0.852. The average molecular weight is 314 g/mol. The molecule has 21 heavy (non-hydrogen) atoms. The molecule has 0 aliphatic carbocycles. The molecule has 1 unspecified atom stereocenters. The third-order valence-corrected chi connectivity index (χ3v) is 3.44. The Hall–Kier alpha value is -1.30. The number of nitrogens with zero attached hydrogens (tertiary/aromatic N) is 1. The van der Waals surface area contributed by atoms with Gasteiger partial charge in [0.15, 0.2) is 0 Å².